The quantitative estimate of drug-likeness (QED) is 0.399. The fourth-order valence-corrected chi connectivity index (χ4v) is 3.92. The molecule has 0 aliphatic heterocycles. The van der Waals surface area contributed by atoms with Gasteiger partial charge in [0.15, 0.2) is 11.2 Å². The highest BCUT2D eigenvalue weighted by Gasteiger charge is 2.23. The van der Waals surface area contributed by atoms with Gasteiger partial charge in [0.2, 0.25) is 0 Å². The number of halogens is 2. The summed E-state index contributed by atoms with van der Waals surface area (Å²) in [6.07, 6.45) is 1.81. The van der Waals surface area contributed by atoms with Crippen LogP contribution in [-0.4, -0.2) is 32.2 Å². The summed E-state index contributed by atoms with van der Waals surface area (Å²) in [6, 6.07) is 10.8. The molecule has 2 aromatic carbocycles. The molecule has 0 bridgehead atoms. The molecule has 1 atom stereocenters. The highest BCUT2D eigenvalue weighted by Crippen LogP contribution is 2.25. The average molecular weight is 469 g/mol. The number of hydrogen-bond donors (Lipinski definition) is 3. The number of aliphatic hydroxyl groups excluding tert-OH is 1. The van der Waals surface area contributed by atoms with Crippen LogP contribution in [0.15, 0.2) is 53.5 Å². The van der Waals surface area contributed by atoms with Crippen LogP contribution in [0.3, 0.4) is 0 Å². The summed E-state index contributed by atoms with van der Waals surface area (Å²) < 4.78 is 14.6. The number of carbonyl (C=O) groups is 1. The number of fused-ring (bicyclic) bond motifs is 1. The average Bonchev–Trinajstić information content (AvgIpc) is 3.13. The summed E-state index contributed by atoms with van der Waals surface area (Å²) in [4.78, 5) is 28.5. The Morgan fingerprint density at radius 2 is 1.94 bits per heavy atom. The molecule has 170 valence electrons. The minimum Gasteiger partial charge on any atom is -0.396 e. The minimum absolute atomic E-state index is 0.0508. The van der Waals surface area contributed by atoms with Gasteiger partial charge in [0.1, 0.15) is 10.8 Å². The molecule has 0 fully saturated rings. The summed E-state index contributed by atoms with van der Waals surface area (Å²) in [5, 5.41) is 16.3. The van der Waals surface area contributed by atoms with Crippen molar-refractivity contribution in [3.63, 3.8) is 0 Å². The number of hydrogen-bond acceptors (Lipinski definition) is 4. The predicted molar refractivity (Wildman–Crippen MR) is 124 cm³/mol. The van der Waals surface area contributed by atoms with Gasteiger partial charge in [0.25, 0.3) is 11.5 Å². The van der Waals surface area contributed by atoms with Crippen LogP contribution in [0.4, 0.5) is 4.39 Å². The Labute approximate surface area is 193 Å². The molecule has 0 spiro atoms. The number of benzene rings is 2. The molecule has 33 heavy (non-hydrogen) atoms. The van der Waals surface area contributed by atoms with Crippen molar-refractivity contribution in [2.45, 2.75) is 26.3 Å². The van der Waals surface area contributed by atoms with E-state index < -0.39 is 23.3 Å². The summed E-state index contributed by atoms with van der Waals surface area (Å²) >= 11 is 6.37. The lowest BCUT2D eigenvalue weighted by atomic mass is 10.0. The molecule has 4 aromatic rings. The third kappa shape index (κ3) is 4.53. The fraction of sp³-hybridized carbons (Fsp3) is 0.208. The van der Waals surface area contributed by atoms with Crippen molar-refractivity contribution in [3.05, 3.63) is 92.2 Å². The smallest absolute Gasteiger partial charge is 0.276 e. The number of aryl methyl sites for hydroxylation is 2. The molecule has 2 heterocycles. The summed E-state index contributed by atoms with van der Waals surface area (Å²) in [6.45, 7) is 3.78. The van der Waals surface area contributed by atoms with Gasteiger partial charge in [-0.15, -0.1) is 0 Å². The highest BCUT2D eigenvalue weighted by atomic mass is 35.5. The molecule has 0 aliphatic rings. The predicted octanol–water partition coefficient (Wildman–Crippen LogP) is 3.95. The lowest BCUT2D eigenvalue weighted by Gasteiger charge is -2.17. The zero-order chi connectivity index (χ0) is 23.7. The number of rotatable bonds is 6. The summed E-state index contributed by atoms with van der Waals surface area (Å²) in [5.41, 5.74) is 3.60. The van der Waals surface area contributed by atoms with Crippen LogP contribution in [-0.2, 0) is 0 Å². The maximum Gasteiger partial charge on any atom is 0.276 e. The zero-order valence-corrected chi connectivity index (χ0v) is 18.8. The molecule has 1 amide bonds. The molecule has 0 saturated carbocycles. The van der Waals surface area contributed by atoms with Crippen LogP contribution < -0.4 is 10.9 Å². The van der Waals surface area contributed by atoms with Crippen molar-refractivity contribution in [2.24, 2.45) is 0 Å². The van der Waals surface area contributed by atoms with E-state index in [1.54, 1.807) is 6.20 Å². The monoisotopic (exact) mass is 468 g/mol. The van der Waals surface area contributed by atoms with Crippen molar-refractivity contribution in [3.8, 4) is 11.3 Å². The van der Waals surface area contributed by atoms with Crippen LogP contribution in [0.5, 0.6) is 0 Å². The number of nitrogens with zero attached hydrogens (tertiary/aromatic N) is 2. The molecule has 7 nitrogen and oxygen atoms in total. The SMILES string of the molecule is Cc1ccc(-c2cn3nc(C(=O)NC(CCO)c4ccc(F)cc4)c(Cl)c3c(=O)[nH]2)cc1C. The van der Waals surface area contributed by atoms with Gasteiger partial charge < -0.3 is 15.4 Å². The number of aliphatic hydroxyl groups is 1. The molecule has 0 radical (unpaired) electrons. The highest BCUT2D eigenvalue weighted by molar-refractivity contribution is 6.36. The van der Waals surface area contributed by atoms with Crippen LogP contribution in [0.2, 0.25) is 5.02 Å². The Kier molecular flexibility index (Phi) is 6.31. The fourth-order valence-electron chi connectivity index (χ4n) is 3.62. The second-order valence-electron chi connectivity index (χ2n) is 7.84. The maximum atomic E-state index is 13.3. The van der Waals surface area contributed by atoms with Gasteiger partial charge in [-0.2, -0.15) is 5.10 Å². The van der Waals surface area contributed by atoms with Crippen molar-refractivity contribution >= 4 is 23.0 Å². The number of H-pyrrole nitrogens is 1. The van der Waals surface area contributed by atoms with Crippen LogP contribution in [0, 0.1) is 19.7 Å². The number of amides is 1. The topological polar surface area (TPSA) is 99.5 Å². The molecular formula is C24H22ClFN4O3. The van der Waals surface area contributed by atoms with Crippen molar-refractivity contribution < 1.29 is 14.3 Å². The Morgan fingerprint density at radius 1 is 1.21 bits per heavy atom. The summed E-state index contributed by atoms with van der Waals surface area (Å²) in [5.74, 6) is -1.02. The van der Waals surface area contributed by atoms with E-state index >= 15 is 0 Å². The number of aromatic nitrogens is 3. The van der Waals surface area contributed by atoms with E-state index in [2.05, 4.69) is 15.4 Å². The molecule has 0 aliphatic carbocycles. The van der Waals surface area contributed by atoms with Gasteiger partial charge in [0.05, 0.1) is 17.9 Å². The van der Waals surface area contributed by atoms with E-state index in [9.17, 15) is 19.1 Å². The summed E-state index contributed by atoms with van der Waals surface area (Å²) in [7, 11) is 0. The standard InChI is InChI=1S/C24H22ClFN4O3/c1-13-3-4-16(11-14(13)2)19-12-30-22(24(33)28-19)20(25)21(29-30)23(32)27-18(9-10-31)15-5-7-17(26)8-6-15/h3-8,11-12,18,31H,9-10H2,1-2H3,(H,27,32)(H,28,33). The maximum absolute atomic E-state index is 13.3. The first-order valence-electron chi connectivity index (χ1n) is 10.3. The van der Waals surface area contributed by atoms with Crippen LogP contribution >= 0.6 is 11.6 Å². The molecule has 9 heteroatoms. The lowest BCUT2D eigenvalue weighted by Crippen LogP contribution is -2.29. The molecule has 4 rings (SSSR count). The Hall–Kier alpha value is -3.49. The number of carbonyl (C=O) groups excluding carboxylic acids is 1. The van der Waals surface area contributed by atoms with Gasteiger partial charge in [-0.05, 0) is 60.7 Å². The molecule has 0 saturated heterocycles. The van der Waals surface area contributed by atoms with E-state index in [4.69, 9.17) is 11.6 Å². The van der Waals surface area contributed by atoms with Crippen LogP contribution in [0.25, 0.3) is 16.8 Å². The lowest BCUT2D eigenvalue weighted by molar-refractivity contribution is 0.0924. The first kappa shape index (κ1) is 22.7. The van der Waals surface area contributed by atoms with E-state index in [0.29, 0.717) is 11.3 Å². The second kappa shape index (κ2) is 9.17. The second-order valence-corrected chi connectivity index (χ2v) is 8.22. The normalized spacial score (nSPS) is 12.2. The molecule has 1 unspecified atom stereocenters. The van der Waals surface area contributed by atoms with E-state index in [-0.39, 0.29) is 29.3 Å². The number of nitrogens with one attached hydrogen (secondary N) is 2. The van der Waals surface area contributed by atoms with Crippen LogP contribution in [0.1, 0.15) is 39.6 Å². The van der Waals surface area contributed by atoms with E-state index in [0.717, 1.165) is 16.7 Å². The van der Waals surface area contributed by atoms with Gasteiger partial charge in [-0.25, -0.2) is 8.91 Å². The minimum atomic E-state index is -0.612. The zero-order valence-electron chi connectivity index (χ0n) is 18.0. The van der Waals surface area contributed by atoms with E-state index in [1.165, 1.54) is 28.8 Å². The van der Waals surface area contributed by atoms with Gasteiger partial charge in [-0.3, -0.25) is 9.59 Å². The first-order chi connectivity index (χ1) is 15.8. The van der Waals surface area contributed by atoms with Crippen molar-refractivity contribution in [1.82, 2.24) is 19.9 Å². The Balaban J connectivity index is 1.70. The van der Waals surface area contributed by atoms with Crippen molar-refractivity contribution in [2.75, 3.05) is 6.61 Å². The Bertz CT molecular complexity index is 1400. The first-order valence-corrected chi connectivity index (χ1v) is 10.7. The van der Waals surface area contributed by atoms with Gasteiger partial charge in [-0.1, -0.05) is 35.9 Å². The van der Waals surface area contributed by atoms with E-state index in [1.807, 2.05) is 32.0 Å². The molecule has 2 aromatic heterocycles. The largest absolute Gasteiger partial charge is 0.396 e. The van der Waals surface area contributed by atoms with Crippen molar-refractivity contribution in [1.29, 1.82) is 0 Å². The third-order valence-electron chi connectivity index (χ3n) is 5.60. The Morgan fingerprint density at radius 3 is 2.61 bits per heavy atom. The molecular weight excluding hydrogens is 447 g/mol. The van der Waals surface area contributed by atoms with Gasteiger partial charge >= 0.3 is 0 Å². The molecule has 3 N–H and O–H groups in total. The third-order valence-corrected chi connectivity index (χ3v) is 5.95. The number of aromatic amines is 1. The van der Waals surface area contributed by atoms with Gasteiger partial charge in [0, 0.05) is 6.61 Å².